The topological polar surface area (TPSA) is 45.8 Å². The number of H-pyrrole nitrogens is 1. The van der Waals surface area contributed by atoms with Crippen LogP contribution in [0.25, 0.3) is 0 Å². The lowest BCUT2D eigenvalue weighted by molar-refractivity contribution is 0.901. The molecule has 1 aromatic heterocycles. The summed E-state index contributed by atoms with van der Waals surface area (Å²) in [5, 5.41) is 6.14. The van der Waals surface area contributed by atoms with Crippen molar-refractivity contribution in [2.45, 2.75) is 19.8 Å². The number of rotatable bonds is 3. The normalized spacial score (nSPS) is 10.3. The maximum absolute atomic E-state index is 11.0. The quantitative estimate of drug-likeness (QED) is 0.847. The van der Waals surface area contributed by atoms with Gasteiger partial charge in [-0.15, -0.1) is 0 Å². The highest BCUT2D eigenvalue weighted by Gasteiger charge is 1.97. The Morgan fingerprint density at radius 2 is 1.81 bits per heavy atom. The SMILES string of the molecule is Cc1ccc(CCc2cn[nH]c(=O)c2)cc1. The van der Waals surface area contributed by atoms with E-state index in [9.17, 15) is 4.79 Å². The second kappa shape index (κ2) is 4.75. The molecule has 2 rings (SSSR count). The number of aromatic nitrogens is 2. The van der Waals surface area contributed by atoms with E-state index in [4.69, 9.17) is 0 Å². The highest BCUT2D eigenvalue weighted by molar-refractivity contribution is 5.22. The van der Waals surface area contributed by atoms with E-state index < -0.39 is 0 Å². The first-order chi connectivity index (χ1) is 7.74. The fourth-order valence-corrected chi connectivity index (χ4v) is 1.60. The number of benzene rings is 1. The van der Waals surface area contributed by atoms with E-state index in [1.165, 1.54) is 11.1 Å². The van der Waals surface area contributed by atoms with Crippen molar-refractivity contribution in [3.8, 4) is 0 Å². The third-order valence-corrected chi connectivity index (χ3v) is 2.54. The molecule has 0 radical (unpaired) electrons. The molecular formula is C13H14N2O. The number of aromatic amines is 1. The van der Waals surface area contributed by atoms with Crippen molar-refractivity contribution in [2.24, 2.45) is 0 Å². The van der Waals surface area contributed by atoms with Crippen molar-refractivity contribution in [1.29, 1.82) is 0 Å². The second-order valence-corrected chi connectivity index (χ2v) is 3.94. The fourth-order valence-electron chi connectivity index (χ4n) is 1.60. The van der Waals surface area contributed by atoms with Crippen molar-refractivity contribution in [2.75, 3.05) is 0 Å². The summed E-state index contributed by atoms with van der Waals surface area (Å²) in [6.07, 6.45) is 3.49. The number of nitrogens with one attached hydrogen (secondary N) is 1. The molecule has 0 atom stereocenters. The molecule has 1 heterocycles. The van der Waals surface area contributed by atoms with E-state index in [0.29, 0.717) is 0 Å². The van der Waals surface area contributed by atoms with Crippen LogP contribution < -0.4 is 5.56 Å². The van der Waals surface area contributed by atoms with E-state index in [2.05, 4.69) is 41.4 Å². The summed E-state index contributed by atoms with van der Waals surface area (Å²) in [5.74, 6) is 0. The van der Waals surface area contributed by atoms with Gasteiger partial charge in [0.1, 0.15) is 0 Å². The molecule has 16 heavy (non-hydrogen) atoms. The molecule has 3 nitrogen and oxygen atoms in total. The zero-order chi connectivity index (χ0) is 11.4. The summed E-state index contributed by atoms with van der Waals surface area (Å²) >= 11 is 0. The molecule has 0 bridgehead atoms. The summed E-state index contributed by atoms with van der Waals surface area (Å²) < 4.78 is 0. The van der Waals surface area contributed by atoms with Crippen LogP contribution in [0.4, 0.5) is 0 Å². The lowest BCUT2D eigenvalue weighted by Crippen LogP contribution is -2.07. The van der Waals surface area contributed by atoms with Gasteiger partial charge < -0.3 is 0 Å². The van der Waals surface area contributed by atoms with Crippen molar-refractivity contribution < 1.29 is 0 Å². The van der Waals surface area contributed by atoms with Crippen LogP contribution in [-0.2, 0) is 12.8 Å². The molecule has 82 valence electrons. The summed E-state index contributed by atoms with van der Waals surface area (Å²) in [4.78, 5) is 11.0. The van der Waals surface area contributed by atoms with Crippen molar-refractivity contribution in [3.05, 3.63) is 63.6 Å². The van der Waals surface area contributed by atoms with Gasteiger partial charge in [-0.25, -0.2) is 5.10 Å². The van der Waals surface area contributed by atoms with Crippen LogP contribution in [0.3, 0.4) is 0 Å². The Kier molecular flexibility index (Phi) is 3.15. The molecule has 0 aliphatic carbocycles. The van der Waals surface area contributed by atoms with Crippen LogP contribution in [-0.4, -0.2) is 10.2 Å². The van der Waals surface area contributed by atoms with Crippen molar-refractivity contribution in [1.82, 2.24) is 10.2 Å². The minimum absolute atomic E-state index is 0.138. The van der Waals surface area contributed by atoms with E-state index in [1.54, 1.807) is 12.3 Å². The summed E-state index contributed by atoms with van der Waals surface area (Å²) in [6.45, 7) is 2.07. The maximum Gasteiger partial charge on any atom is 0.264 e. The van der Waals surface area contributed by atoms with Gasteiger partial charge in [-0.1, -0.05) is 29.8 Å². The minimum Gasteiger partial charge on any atom is -0.268 e. The van der Waals surface area contributed by atoms with Gasteiger partial charge in [0.2, 0.25) is 0 Å². The van der Waals surface area contributed by atoms with E-state index >= 15 is 0 Å². The zero-order valence-corrected chi connectivity index (χ0v) is 9.23. The highest BCUT2D eigenvalue weighted by atomic mass is 16.1. The first-order valence-corrected chi connectivity index (χ1v) is 5.33. The molecular weight excluding hydrogens is 200 g/mol. The Labute approximate surface area is 94.2 Å². The smallest absolute Gasteiger partial charge is 0.264 e. The van der Waals surface area contributed by atoms with Crippen LogP contribution in [0, 0.1) is 6.92 Å². The van der Waals surface area contributed by atoms with Crippen LogP contribution in [0.2, 0.25) is 0 Å². The molecule has 0 fully saturated rings. The Morgan fingerprint density at radius 3 is 2.50 bits per heavy atom. The van der Waals surface area contributed by atoms with Gasteiger partial charge in [0, 0.05) is 6.07 Å². The molecule has 0 aliphatic heterocycles. The second-order valence-electron chi connectivity index (χ2n) is 3.94. The molecule has 0 saturated heterocycles. The van der Waals surface area contributed by atoms with Crippen LogP contribution >= 0.6 is 0 Å². The molecule has 2 aromatic rings. The van der Waals surface area contributed by atoms with E-state index in [-0.39, 0.29) is 5.56 Å². The number of nitrogens with zero attached hydrogens (tertiary/aromatic N) is 1. The summed E-state index contributed by atoms with van der Waals surface area (Å²) in [7, 11) is 0. The van der Waals surface area contributed by atoms with Gasteiger partial charge in [0.25, 0.3) is 5.56 Å². The number of aryl methyl sites for hydroxylation is 3. The van der Waals surface area contributed by atoms with Crippen molar-refractivity contribution in [3.63, 3.8) is 0 Å². The van der Waals surface area contributed by atoms with Gasteiger partial charge in [-0.2, -0.15) is 5.10 Å². The first-order valence-electron chi connectivity index (χ1n) is 5.33. The molecule has 0 aliphatic rings. The van der Waals surface area contributed by atoms with Crippen LogP contribution in [0.1, 0.15) is 16.7 Å². The molecule has 0 spiro atoms. The van der Waals surface area contributed by atoms with Gasteiger partial charge in [0.15, 0.2) is 0 Å². The molecule has 1 N–H and O–H groups in total. The Hall–Kier alpha value is -1.90. The minimum atomic E-state index is -0.138. The zero-order valence-electron chi connectivity index (χ0n) is 9.23. The Bertz CT molecular complexity index is 514. The fraction of sp³-hybridized carbons (Fsp3) is 0.231. The van der Waals surface area contributed by atoms with Crippen molar-refractivity contribution >= 4 is 0 Å². The lowest BCUT2D eigenvalue weighted by Gasteiger charge is -2.01. The predicted molar refractivity (Wildman–Crippen MR) is 63.4 cm³/mol. The molecule has 0 amide bonds. The monoisotopic (exact) mass is 214 g/mol. The third kappa shape index (κ3) is 2.79. The van der Waals surface area contributed by atoms with Gasteiger partial charge >= 0.3 is 0 Å². The van der Waals surface area contributed by atoms with Crippen LogP contribution in [0.15, 0.2) is 41.3 Å². The van der Waals surface area contributed by atoms with Crippen LogP contribution in [0.5, 0.6) is 0 Å². The summed E-state index contributed by atoms with van der Waals surface area (Å²) in [5.41, 5.74) is 3.39. The van der Waals surface area contributed by atoms with Gasteiger partial charge in [-0.05, 0) is 30.9 Å². The average molecular weight is 214 g/mol. The maximum atomic E-state index is 11.0. The Morgan fingerprint density at radius 1 is 1.12 bits per heavy atom. The average Bonchev–Trinajstić information content (AvgIpc) is 2.28. The van der Waals surface area contributed by atoms with Gasteiger partial charge in [-0.3, -0.25) is 4.79 Å². The number of hydrogen-bond acceptors (Lipinski definition) is 2. The Balaban J connectivity index is 2.02. The molecule has 1 aromatic carbocycles. The largest absolute Gasteiger partial charge is 0.268 e. The summed E-state index contributed by atoms with van der Waals surface area (Å²) in [6, 6.07) is 10.0. The molecule has 3 heteroatoms. The van der Waals surface area contributed by atoms with E-state index in [0.717, 1.165) is 18.4 Å². The lowest BCUT2D eigenvalue weighted by atomic mass is 10.1. The standard InChI is InChI=1S/C13H14N2O/c1-10-2-4-11(5-3-10)6-7-12-8-13(16)15-14-9-12/h2-5,8-9H,6-7H2,1H3,(H,15,16). The highest BCUT2D eigenvalue weighted by Crippen LogP contribution is 2.06. The third-order valence-electron chi connectivity index (χ3n) is 2.54. The number of hydrogen-bond donors (Lipinski definition) is 1. The van der Waals surface area contributed by atoms with Gasteiger partial charge in [0.05, 0.1) is 6.20 Å². The molecule has 0 saturated carbocycles. The predicted octanol–water partition coefficient (Wildman–Crippen LogP) is 1.86. The molecule has 0 unspecified atom stereocenters. The van der Waals surface area contributed by atoms with E-state index in [1.807, 2.05) is 0 Å². The first kappa shape index (κ1) is 10.6.